The number of phenols is 1. The molecule has 0 saturated heterocycles. The number of H-pyrrole nitrogens is 1. The normalized spacial score (nSPS) is 10.9. The van der Waals surface area contributed by atoms with Crippen molar-refractivity contribution in [3.05, 3.63) is 70.6 Å². The maximum atomic E-state index is 12.3. The Morgan fingerprint density at radius 2 is 1.68 bits per heavy atom. The smallest absolute Gasteiger partial charge is 0.227 e. The molecule has 2 heterocycles. The van der Waals surface area contributed by atoms with Gasteiger partial charge in [0.15, 0.2) is 5.76 Å². The topological polar surface area (TPSA) is 118 Å². The monoisotopic (exact) mass is 420 g/mol. The van der Waals surface area contributed by atoms with Crippen LogP contribution >= 0.6 is 0 Å². The van der Waals surface area contributed by atoms with Crippen molar-refractivity contribution in [2.24, 2.45) is 0 Å². The van der Waals surface area contributed by atoms with Gasteiger partial charge in [-0.05, 0) is 48.5 Å². The fourth-order valence-electron chi connectivity index (χ4n) is 3.17. The number of benzene rings is 2. The summed E-state index contributed by atoms with van der Waals surface area (Å²) >= 11 is 0. The van der Waals surface area contributed by atoms with Gasteiger partial charge in [0.25, 0.3) is 0 Å². The highest BCUT2D eigenvalue weighted by atomic mass is 16.5. The molecule has 31 heavy (non-hydrogen) atoms. The van der Waals surface area contributed by atoms with Gasteiger partial charge in [-0.25, -0.2) is 4.98 Å². The molecule has 4 aromatic rings. The number of phenolic OH excluding ortho intramolecular Hbond substituents is 1. The van der Waals surface area contributed by atoms with Crippen molar-refractivity contribution in [3.8, 4) is 51.3 Å². The van der Waals surface area contributed by atoms with Gasteiger partial charge in [0.1, 0.15) is 41.1 Å². The van der Waals surface area contributed by atoms with Gasteiger partial charge in [0.2, 0.25) is 11.2 Å². The van der Waals surface area contributed by atoms with Gasteiger partial charge in [-0.3, -0.25) is 4.79 Å². The molecule has 4 rings (SSSR count). The van der Waals surface area contributed by atoms with E-state index in [1.807, 2.05) is 12.1 Å². The molecular weight excluding hydrogens is 400 g/mol. The third-order valence-electron chi connectivity index (χ3n) is 4.70. The number of hydrogen-bond donors (Lipinski definition) is 3. The Morgan fingerprint density at radius 3 is 2.32 bits per heavy atom. The third-order valence-corrected chi connectivity index (χ3v) is 4.70. The Labute approximate surface area is 177 Å². The van der Waals surface area contributed by atoms with E-state index in [9.17, 15) is 15.0 Å². The van der Waals surface area contributed by atoms with E-state index in [0.29, 0.717) is 28.5 Å². The van der Waals surface area contributed by atoms with Crippen molar-refractivity contribution in [2.75, 3.05) is 14.2 Å². The van der Waals surface area contributed by atoms with Crippen LogP contribution in [-0.2, 0) is 11.3 Å². The largest absolute Gasteiger partial charge is 0.508 e. The minimum absolute atomic E-state index is 0.0390. The average molecular weight is 420 g/mol. The van der Waals surface area contributed by atoms with E-state index in [1.165, 1.54) is 13.2 Å². The number of nitrogens with one attached hydrogen (secondary N) is 1. The van der Waals surface area contributed by atoms with Crippen molar-refractivity contribution in [2.45, 2.75) is 6.61 Å². The fraction of sp³-hybridized carbons (Fsp3) is 0.130. The minimum atomic E-state index is -0.588. The zero-order valence-electron chi connectivity index (χ0n) is 16.9. The number of rotatable bonds is 6. The van der Waals surface area contributed by atoms with Crippen LogP contribution in [0.25, 0.3) is 34.1 Å². The highest BCUT2D eigenvalue weighted by Crippen LogP contribution is 2.37. The van der Waals surface area contributed by atoms with Gasteiger partial charge in [-0.15, -0.1) is 0 Å². The quantitative estimate of drug-likeness (QED) is 0.432. The van der Waals surface area contributed by atoms with E-state index in [0.717, 1.165) is 5.56 Å². The number of imidazole rings is 1. The summed E-state index contributed by atoms with van der Waals surface area (Å²) in [5.74, 6) is 0.970. The van der Waals surface area contributed by atoms with Crippen LogP contribution in [0, 0.1) is 0 Å². The zero-order valence-corrected chi connectivity index (χ0v) is 16.9. The number of methoxy groups -OCH3 is 2. The lowest BCUT2D eigenvalue weighted by Gasteiger charge is -2.07. The van der Waals surface area contributed by atoms with Gasteiger partial charge >= 0.3 is 0 Å². The second-order valence-electron chi connectivity index (χ2n) is 6.77. The summed E-state index contributed by atoms with van der Waals surface area (Å²) in [4.78, 5) is 20.1. The average Bonchev–Trinajstić information content (AvgIpc) is 3.22. The molecule has 0 bridgehead atoms. The molecular formula is C23H20N2O6. The van der Waals surface area contributed by atoms with Crippen molar-refractivity contribution < 1.29 is 24.1 Å². The maximum absolute atomic E-state index is 12.3. The second kappa shape index (κ2) is 8.37. The lowest BCUT2D eigenvalue weighted by atomic mass is 10.1. The lowest BCUT2D eigenvalue weighted by Crippen LogP contribution is -2.04. The highest BCUT2D eigenvalue weighted by Gasteiger charge is 2.22. The SMILES string of the molecule is COCc1cc(=O)c(O)c(-c2[nH]c(-c3ccc(O)cc3)nc2-c2ccc(OC)cc2)o1. The number of aromatic hydroxyl groups is 2. The predicted molar refractivity (Wildman–Crippen MR) is 114 cm³/mol. The Morgan fingerprint density at radius 1 is 1.00 bits per heavy atom. The molecule has 158 valence electrons. The summed E-state index contributed by atoms with van der Waals surface area (Å²) in [6.45, 7) is 0.0688. The second-order valence-corrected chi connectivity index (χ2v) is 6.77. The Balaban J connectivity index is 1.93. The van der Waals surface area contributed by atoms with E-state index in [1.54, 1.807) is 43.5 Å². The molecule has 8 heteroatoms. The molecule has 0 amide bonds. The molecule has 2 aromatic heterocycles. The minimum Gasteiger partial charge on any atom is -0.508 e. The summed E-state index contributed by atoms with van der Waals surface area (Å²) in [5.41, 5.74) is 1.64. The molecule has 0 radical (unpaired) electrons. The zero-order chi connectivity index (χ0) is 22.0. The van der Waals surface area contributed by atoms with Crippen LogP contribution in [0.15, 0.2) is 63.8 Å². The number of nitrogens with zero attached hydrogens (tertiary/aromatic N) is 1. The molecule has 0 aliphatic heterocycles. The first-order valence-corrected chi connectivity index (χ1v) is 9.39. The molecule has 0 unspecified atom stereocenters. The van der Waals surface area contributed by atoms with Gasteiger partial charge in [0, 0.05) is 24.3 Å². The number of aromatic amines is 1. The van der Waals surface area contributed by atoms with Crippen LogP contribution in [0.1, 0.15) is 5.76 Å². The van der Waals surface area contributed by atoms with Crippen LogP contribution in [0.5, 0.6) is 17.2 Å². The van der Waals surface area contributed by atoms with E-state index in [4.69, 9.17) is 13.9 Å². The molecule has 8 nitrogen and oxygen atoms in total. The molecule has 0 atom stereocenters. The maximum Gasteiger partial charge on any atom is 0.227 e. The lowest BCUT2D eigenvalue weighted by molar-refractivity contribution is 0.162. The molecule has 0 saturated carbocycles. The molecule has 0 aliphatic rings. The fourth-order valence-corrected chi connectivity index (χ4v) is 3.17. The highest BCUT2D eigenvalue weighted by molar-refractivity contribution is 5.81. The predicted octanol–water partition coefficient (Wildman–Crippen LogP) is 3.93. The summed E-state index contributed by atoms with van der Waals surface area (Å²) in [5, 5.41) is 20.0. The molecule has 0 fully saturated rings. The van der Waals surface area contributed by atoms with Crippen LogP contribution in [-0.4, -0.2) is 34.4 Å². The first kappa shape index (κ1) is 20.2. The molecule has 0 spiro atoms. The van der Waals surface area contributed by atoms with Crippen LogP contribution in [0.2, 0.25) is 0 Å². The third kappa shape index (κ3) is 4.01. The van der Waals surface area contributed by atoms with Gasteiger partial charge in [-0.1, -0.05) is 0 Å². The Kier molecular flexibility index (Phi) is 5.46. The number of ether oxygens (including phenoxy) is 2. The molecule has 2 aromatic carbocycles. The van der Waals surface area contributed by atoms with Crippen molar-refractivity contribution in [1.29, 1.82) is 0 Å². The summed E-state index contributed by atoms with van der Waals surface area (Å²) in [7, 11) is 3.06. The standard InChI is InChI=1S/C23H20N2O6/c1-29-12-17-11-18(27)21(28)22(31-17)20-19(13-5-9-16(30-2)10-6-13)24-23(25-20)14-3-7-15(26)8-4-14/h3-11,26,28H,12H2,1-2H3,(H,24,25). The first-order chi connectivity index (χ1) is 15.0. The summed E-state index contributed by atoms with van der Waals surface area (Å²) in [6, 6.07) is 14.9. The number of hydrogen-bond acceptors (Lipinski definition) is 7. The van der Waals surface area contributed by atoms with E-state index in [-0.39, 0.29) is 23.9 Å². The van der Waals surface area contributed by atoms with Crippen LogP contribution < -0.4 is 10.2 Å². The molecule has 0 aliphatic carbocycles. The molecule has 3 N–H and O–H groups in total. The van der Waals surface area contributed by atoms with E-state index in [2.05, 4.69) is 9.97 Å². The number of aromatic nitrogens is 2. The first-order valence-electron chi connectivity index (χ1n) is 9.39. The van der Waals surface area contributed by atoms with Crippen molar-refractivity contribution in [3.63, 3.8) is 0 Å². The van der Waals surface area contributed by atoms with Crippen LogP contribution in [0.3, 0.4) is 0 Å². The van der Waals surface area contributed by atoms with Crippen molar-refractivity contribution in [1.82, 2.24) is 9.97 Å². The Bertz CT molecular complexity index is 1260. The van der Waals surface area contributed by atoms with E-state index >= 15 is 0 Å². The van der Waals surface area contributed by atoms with Crippen LogP contribution in [0.4, 0.5) is 0 Å². The Hall–Kier alpha value is -4.04. The van der Waals surface area contributed by atoms with E-state index < -0.39 is 11.2 Å². The van der Waals surface area contributed by atoms with Gasteiger partial charge in [-0.2, -0.15) is 0 Å². The van der Waals surface area contributed by atoms with Crippen molar-refractivity contribution >= 4 is 0 Å². The van der Waals surface area contributed by atoms with Gasteiger partial charge < -0.3 is 29.1 Å². The summed E-state index contributed by atoms with van der Waals surface area (Å²) < 4.78 is 16.1. The summed E-state index contributed by atoms with van der Waals surface area (Å²) in [6.07, 6.45) is 0. The van der Waals surface area contributed by atoms with Gasteiger partial charge in [0.05, 0.1) is 7.11 Å².